The van der Waals surface area contributed by atoms with Crippen LogP contribution in [-0.4, -0.2) is 12.1 Å². The summed E-state index contributed by atoms with van der Waals surface area (Å²) in [5.41, 5.74) is 0. The van der Waals surface area contributed by atoms with Crippen molar-refractivity contribution in [3.8, 4) is 0 Å². The van der Waals surface area contributed by atoms with Gasteiger partial charge < -0.3 is 0 Å². The maximum atomic E-state index is 11.6. The van der Waals surface area contributed by atoms with Crippen LogP contribution in [0.15, 0.2) is 0 Å². The van der Waals surface area contributed by atoms with Crippen LogP contribution < -0.4 is 0 Å². The van der Waals surface area contributed by atoms with Gasteiger partial charge in [0.1, 0.15) is 0 Å². The van der Waals surface area contributed by atoms with E-state index in [2.05, 4.69) is 0 Å². The summed E-state index contributed by atoms with van der Waals surface area (Å²) in [6.45, 7) is 0. The summed E-state index contributed by atoms with van der Waals surface area (Å²) in [7, 11) is 0. The summed E-state index contributed by atoms with van der Waals surface area (Å²) in [5, 5.41) is 0. The minimum Gasteiger partial charge on any atom is -0.261 e. The minimum atomic E-state index is -1.28. The van der Waals surface area contributed by atoms with Crippen LogP contribution in [0.2, 0.25) is 0 Å². The molecule has 0 aromatic heterocycles. The van der Waals surface area contributed by atoms with Crippen molar-refractivity contribution in [2.24, 2.45) is 0 Å². The second-order valence-corrected chi connectivity index (χ2v) is 2.98. The molecule has 0 aromatic rings. The van der Waals surface area contributed by atoms with Crippen molar-refractivity contribution in [1.82, 2.24) is 0 Å². The number of hydrogen-bond donors (Lipinski definition) is 0. The van der Waals surface area contributed by atoms with Gasteiger partial charge in [-0.25, -0.2) is 0 Å². The molecule has 0 unspecified atom stereocenters. The predicted octanol–water partition coefficient (Wildman–Crippen LogP) is 2.71. The van der Waals surface area contributed by atoms with Gasteiger partial charge in [0.05, 0.1) is 0 Å². The first-order chi connectivity index (χ1) is 6.13. The molecule has 0 N–H and O–H groups in total. The molecule has 2 nitrogen and oxygen atoms in total. The van der Waals surface area contributed by atoms with Gasteiger partial charge in [0.15, 0.2) is 0 Å². The standard InChI is InChI=1S/C9H14F2O2/c10-8(12)6-4-2-1-3-5-7-9(11)13/h1-7H2. The molecule has 0 aliphatic rings. The number of carbonyl (C=O) groups is 2. The summed E-state index contributed by atoms with van der Waals surface area (Å²) in [5.74, 6) is 0. The van der Waals surface area contributed by atoms with E-state index < -0.39 is 12.1 Å². The third-order valence-corrected chi connectivity index (χ3v) is 1.75. The Kier molecular flexibility index (Phi) is 7.35. The van der Waals surface area contributed by atoms with Gasteiger partial charge in [-0.3, -0.25) is 9.59 Å². The Bertz CT molecular complexity index is 151. The molecule has 0 aliphatic heterocycles. The highest BCUT2D eigenvalue weighted by atomic mass is 19.1. The molecule has 0 amide bonds. The van der Waals surface area contributed by atoms with Gasteiger partial charge in [0, 0.05) is 12.8 Å². The van der Waals surface area contributed by atoms with E-state index in [1.807, 2.05) is 0 Å². The smallest absolute Gasteiger partial charge is 0.261 e. The fraction of sp³-hybridized carbons (Fsp3) is 0.778. The van der Waals surface area contributed by atoms with E-state index in [0.717, 1.165) is 19.3 Å². The monoisotopic (exact) mass is 192 g/mol. The van der Waals surface area contributed by atoms with Crippen LogP contribution in [0.4, 0.5) is 8.78 Å². The van der Waals surface area contributed by atoms with Crippen LogP contribution >= 0.6 is 0 Å². The Hall–Kier alpha value is -0.800. The third kappa shape index (κ3) is 11.2. The van der Waals surface area contributed by atoms with Crippen LogP contribution in [-0.2, 0) is 9.59 Å². The van der Waals surface area contributed by atoms with Crippen molar-refractivity contribution in [2.45, 2.75) is 44.9 Å². The molecular weight excluding hydrogens is 178 g/mol. The fourth-order valence-corrected chi connectivity index (χ4v) is 1.06. The molecule has 0 fully saturated rings. The molecule has 0 radical (unpaired) electrons. The predicted molar refractivity (Wildman–Crippen MR) is 44.5 cm³/mol. The lowest BCUT2D eigenvalue weighted by atomic mass is 10.1. The largest absolute Gasteiger partial charge is 0.301 e. The van der Waals surface area contributed by atoms with E-state index in [0.29, 0.717) is 12.8 Å². The van der Waals surface area contributed by atoms with Crippen molar-refractivity contribution >= 4 is 12.1 Å². The van der Waals surface area contributed by atoms with Gasteiger partial charge in [-0.15, -0.1) is 0 Å². The highest BCUT2D eigenvalue weighted by molar-refractivity contribution is 5.67. The molecule has 0 bridgehead atoms. The van der Waals surface area contributed by atoms with Gasteiger partial charge >= 0.3 is 12.1 Å². The lowest BCUT2D eigenvalue weighted by Crippen LogP contribution is -1.89. The van der Waals surface area contributed by atoms with Crippen LogP contribution in [0.25, 0.3) is 0 Å². The second-order valence-electron chi connectivity index (χ2n) is 2.98. The van der Waals surface area contributed by atoms with Crippen molar-refractivity contribution in [2.75, 3.05) is 0 Å². The van der Waals surface area contributed by atoms with Gasteiger partial charge in [0.25, 0.3) is 0 Å². The van der Waals surface area contributed by atoms with E-state index in [1.54, 1.807) is 0 Å². The Morgan fingerprint density at radius 2 is 1.00 bits per heavy atom. The summed E-state index contributed by atoms with van der Waals surface area (Å²) in [6, 6.07) is -2.56. The SMILES string of the molecule is O=C(F)CCCCCCCC(=O)F. The topological polar surface area (TPSA) is 34.1 Å². The Labute approximate surface area is 76.3 Å². The molecule has 4 heteroatoms. The molecule has 0 spiro atoms. The Morgan fingerprint density at radius 3 is 1.31 bits per heavy atom. The summed E-state index contributed by atoms with van der Waals surface area (Å²) < 4.78 is 23.3. The van der Waals surface area contributed by atoms with Crippen molar-refractivity contribution in [3.05, 3.63) is 0 Å². The molecule has 0 saturated carbocycles. The molecule has 0 aliphatic carbocycles. The average molecular weight is 192 g/mol. The van der Waals surface area contributed by atoms with E-state index in [1.165, 1.54) is 0 Å². The molecule has 76 valence electrons. The lowest BCUT2D eigenvalue weighted by Gasteiger charge is -1.96. The zero-order valence-corrected chi connectivity index (χ0v) is 7.52. The highest BCUT2D eigenvalue weighted by Crippen LogP contribution is 2.07. The van der Waals surface area contributed by atoms with Gasteiger partial charge in [0.2, 0.25) is 0 Å². The average Bonchev–Trinajstić information content (AvgIpc) is 2.01. The summed E-state index contributed by atoms with van der Waals surface area (Å²) in [4.78, 5) is 19.7. The maximum Gasteiger partial charge on any atom is 0.301 e. The molecule has 0 atom stereocenters. The molecule has 13 heavy (non-hydrogen) atoms. The highest BCUT2D eigenvalue weighted by Gasteiger charge is 1.99. The lowest BCUT2D eigenvalue weighted by molar-refractivity contribution is -0.130. The van der Waals surface area contributed by atoms with E-state index in [4.69, 9.17) is 0 Å². The second kappa shape index (κ2) is 7.83. The number of hydrogen-bond acceptors (Lipinski definition) is 2. The summed E-state index contributed by atoms with van der Waals surface area (Å²) >= 11 is 0. The van der Waals surface area contributed by atoms with Gasteiger partial charge in [-0.2, -0.15) is 8.78 Å². The minimum absolute atomic E-state index is 0.0258. The van der Waals surface area contributed by atoms with Crippen molar-refractivity contribution in [3.63, 3.8) is 0 Å². The first kappa shape index (κ1) is 12.2. The van der Waals surface area contributed by atoms with Crippen LogP contribution in [0.3, 0.4) is 0 Å². The van der Waals surface area contributed by atoms with E-state index in [9.17, 15) is 18.4 Å². The van der Waals surface area contributed by atoms with Crippen molar-refractivity contribution in [1.29, 1.82) is 0 Å². The number of halogens is 2. The zero-order valence-electron chi connectivity index (χ0n) is 7.52. The maximum absolute atomic E-state index is 11.6. The van der Waals surface area contributed by atoms with Gasteiger partial charge in [-0.1, -0.05) is 19.3 Å². The van der Waals surface area contributed by atoms with E-state index in [-0.39, 0.29) is 12.8 Å². The Balaban J connectivity index is 3.00. The van der Waals surface area contributed by atoms with Crippen LogP contribution in [0.5, 0.6) is 0 Å². The third-order valence-electron chi connectivity index (χ3n) is 1.75. The first-order valence-corrected chi connectivity index (χ1v) is 4.49. The molecule has 0 heterocycles. The Morgan fingerprint density at radius 1 is 0.692 bits per heavy atom. The number of rotatable bonds is 8. The normalized spacial score (nSPS) is 10.0. The van der Waals surface area contributed by atoms with E-state index >= 15 is 0 Å². The molecular formula is C9H14F2O2. The molecule has 0 aromatic carbocycles. The number of unbranched alkanes of at least 4 members (excludes halogenated alkanes) is 4. The fourth-order valence-electron chi connectivity index (χ4n) is 1.06. The zero-order chi connectivity index (χ0) is 10.1. The molecule has 0 rings (SSSR count). The summed E-state index contributed by atoms with van der Waals surface area (Å²) in [6.07, 6.45) is 3.37. The molecule has 0 saturated heterocycles. The van der Waals surface area contributed by atoms with Crippen LogP contribution in [0, 0.1) is 0 Å². The van der Waals surface area contributed by atoms with Gasteiger partial charge in [-0.05, 0) is 12.8 Å². The number of carbonyl (C=O) groups excluding carboxylic acids is 2. The quantitative estimate of drug-likeness (QED) is 0.437. The van der Waals surface area contributed by atoms with Crippen LogP contribution in [0.1, 0.15) is 44.9 Å². The first-order valence-electron chi connectivity index (χ1n) is 4.49. The van der Waals surface area contributed by atoms with Crippen molar-refractivity contribution < 1.29 is 18.4 Å².